The predicted octanol–water partition coefficient (Wildman–Crippen LogP) is 4.12. The SMILES string of the molecule is CC(Nc1cc(I)ccc1Br)C(F)F. The summed E-state index contributed by atoms with van der Waals surface area (Å²) in [7, 11) is 0. The van der Waals surface area contributed by atoms with Gasteiger partial charge in [0.05, 0.1) is 6.04 Å². The van der Waals surface area contributed by atoms with Crippen LogP contribution in [0, 0.1) is 3.57 Å². The Balaban J connectivity index is 2.80. The van der Waals surface area contributed by atoms with E-state index >= 15 is 0 Å². The summed E-state index contributed by atoms with van der Waals surface area (Å²) in [4.78, 5) is 0. The van der Waals surface area contributed by atoms with Crippen LogP contribution in [0.5, 0.6) is 0 Å². The van der Waals surface area contributed by atoms with Crippen molar-refractivity contribution in [1.29, 1.82) is 0 Å². The fraction of sp³-hybridized carbons (Fsp3) is 0.333. The predicted molar refractivity (Wildman–Crippen MR) is 65.9 cm³/mol. The molecule has 0 aliphatic rings. The zero-order valence-corrected chi connectivity index (χ0v) is 11.1. The van der Waals surface area contributed by atoms with E-state index in [4.69, 9.17) is 0 Å². The monoisotopic (exact) mass is 375 g/mol. The summed E-state index contributed by atoms with van der Waals surface area (Å²) < 4.78 is 26.3. The summed E-state index contributed by atoms with van der Waals surface area (Å²) >= 11 is 5.44. The van der Waals surface area contributed by atoms with E-state index in [-0.39, 0.29) is 0 Å². The fourth-order valence-electron chi connectivity index (χ4n) is 0.916. The highest BCUT2D eigenvalue weighted by Gasteiger charge is 2.14. The summed E-state index contributed by atoms with van der Waals surface area (Å²) in [6.45, 7) is 1.46. The quantitative estimate of drug-likeness (QED) is 0.783. The molecular weight excluding hydrogens is 367 g/mol. The van der Waals surface area contributed by atoms with Crippen molar-refractivity contribution in [2.24, 2.45) is 0 Å². The first kappa shape index (κ1) is 12.2. The molecule has 0 bridgehead atoms. The Kier molecular flexibility index (Phi) is 4.56. The zero-order chi connectivity index (χ0) is 10.7. The maximum Gasteiger partial charge on any atom is 0.258 e. The van der Waals surface area contributed by atoms with Gasteiger partial charge in [-0.05, 0) is 63.6 Å². The molecule has 1 unspecified atom stereocenters. The highest BCUT2D eigenvalue weighted by Crippen LogP contribution is 2.25. The normalized spacial score (nSPS) is 13.0. The minimum atomic E-state index is -2.36. The lowest BCUT2D eigenvalue weighted by Gasteiger charge is -2.15. The lowest BCUT2D eigenvalue weighted by Crippen LogP contribution is -2.23. The molecular formula is C9H9BrF2IN. The molecule has 0 aliphatic heterocycles. The number of rotatable bonds is 3. The molecule has 0 fully saturated rings. The summed E-state index contributed by atoms with van der Waals surface area (Å²) in [5.74, 6) is 0. The van der Waals surface area contributed by atoms with Crippen molar-refractivity contribution in [1.82, 2.24) is 0 Å². The van der Waals surface area contributed by atoms with Gasteiger partial charge in [0.25, 0.3) is 6.43 Å². The van der Waals surface area contributed by atoms with Crippen LogP contribution < -0.4 is 5.32 Å². The highest BCUT2D eigenvalue weighted by atomic mass is 127. The lowest BCUT2D eigenvalue weighted by molar-refractivity contribution is 0.130. The topological polar surface area (TPSA) is 12.0 Å². The van der Waals surface area contributed by atoms with Crippen molar-refractivity contribution < 1.29 is 8.78 Å². The molecule has 0 radical (unpaired) electrons. The Morgan fingerprint density at radius 3 is 2.64 bits per heavy atom. The largest absolute Gasteiger partial charge is 0.376 e. The van der Waals surface area contributed by atoms with Gasteiger partial charge in [0, 0.05) is 13.7 Å². The van der Waals surface area contributed by atoms with Crippen molar-refractivity contribution in [3.05, 3.63) is 26.2 Å². The van der Waals surface area contributed by atoms with Crippen LogP contribution in [0.2, 0.25) is 0 Å². The fourth-order valence-corrected chi connectivity index (χ4v) is 1.77. The Morgan fingerprint density at radius 2 is 2.07 bits per heavy atom. The van der Waals surface area contributed by atoms with Gasteiger partial charge < -0.3 is 5.32 Å². The van der Waals surface area contributed by atoms with Gasteiger partial charge in [-0.2, -0.15) is 0 Å². The van der Waals surface area contributed by atoms with E-state index in [0.29, 0.717) is 5.69 Å². The standard InChI is InChI=1S/C9H9BrF2IN/c1-5(9(11)12)14-8-4-6(13)2-3-7(8)10/h2-5,9,14H,1H3. The maximum atomic E-state index is 12.3. The van der Waals surface area contributed by atoms with Crippen molar-refractivity contribution in [2.75, 3.05) is 5.32 Å². The Bertz CT molecular complexity index is 320. The third kappa shape index (κ3) is 3.34. The van der Waals surface area contributed by atoms with Crippen LogP contribution in [-0.2, 0) is 0 Å². The summed E-state index contributed by atoms with van der Waals surface area (Å²) in [5, 5.41) is 2.75. The number of anilines is 1. The maximum absolute atomic E-state index is 12.3. The molecule has 0 aliphatic carbocycles. The number of benzene rings is 1. The Morgan fingerprint density at radius 1 is 1.43 bits per heavy atom. The minimum absolute atomic E-state index is 0.699. The molecule has 0 heterocycles. The number of alkyl halides is 2. The van der Waals surface area contributed by atoms with Crippen LogP contribution in [0.15, 0.2) is 22.7 Å². The van der Waals surface area contributed by atoms with Crippen LogP contribution in [0.1, 0.15) is 6.92 Å². The van der Waals surface area contributed by atoms with Crippen LogP contribution in [0.25, 0.3) is 0 Å². The number of hydrogen-bond acceptors (Lipinski definition) is 1. The molecule has 0 spiro atoms. The molecule has 1 nitrogen and oxygen atoms in total. The van der Waals surface area contributed by atoms with Gasteiger partial charge in [0.2, 0.25) is 0 Å². The molecule has 5 heteroatoms. The first-order valence-electron chi connectivity index (χ1n) is 4.00. The second kappa shape index (κ2) is 5.25. The molecule has 78 valence electrons. The molecule has 0 amide bonds. The van der Waals surface area contributed by atoms with E-state index in [1.807, 2.05) is 18.2 Å². The lowest BCUT2D eigenvalue weighted by atomic mass is 10.3. The van der Waals surface area contributed by atoms with E-state index in [9.17, 15) is 8.78 Å². The van der Waals surface area contributed by atoms with Gasteiger partial charge in [-0.1, -0.05) is 0 Å². The van der Waals surface area contributed by atoms with Gasteiger partial charge >= 0.3 is 0 Å². The van der Waals surface area contributed by atoms with Crippen molar-refractivity contribution >= 4 is 44.2 Å². The van der Waals surface area contributed by atoms with Crippen LogP contribution >= 0.6 is 38.5 Å². The number of halogens is 4. The first-order chi connectivity index (χ1) is 6.50. The second-order valence-electron chi connectivity index (χ2n) is 2.89. The third-order valence-electron chi connectivity index (χ3n) is 1.69. The number of nitrogens with one attached hydrogen (secondary N) is 1. The zero-order valence-electron chi connectivity index (χ0n) is 7.40. The van der Waals surface area contributed by atoms with Gasteiger partial charge in [-0.3, -0.25) is 0 Å². The van der Waals surface area contributed by atoms with Crippen LogP contribution in [-0.4, -0.2) is 12.5 Å². The third-order valence-corrected chi connectivity index (χ3v) is 3.05. The summed E-state index contributed by atoms with van der Waals surface area (Å²) in [6, 6.07) is 4.72. The minimum Gasteiger partial charge on any atom is -0.376 e. The molecule has 0 aromatic heterocycles. The van der Waals surface area contributed by atoms with E-state index in [2.05, 4.69) is 43.8 Å². The van der Waals surface area contributed by atoms with Crippen molar-refractivity contribution in [2.45, 2.75) is 19.4 Å². The van der Waals surface area contributed by atoms with Crippen LogP contribution in [0.4, 0.5) is 14.5 Å². The molecule has 1 N–H and O–H groups in total. The Hall–Kier alpha value is 0.0900. The average molecular weight is 376 g/mol. The average Bonchev–Trinajstić information content (AvgIpc) is 2.11. The summed E-state index contributed by atoms with van der Waals surface area (Å²) in [5.41, 5.74) is 0.699. The molecule has 1 aromatic rings. The van der Waals surface area contributed by atoms with Crippen LogP contribution in [0.3, 0.4) is 0 Å². The molecule has 1 atom stereocenters. The second-order valence-corrected chi connectivity index (χ2v) is 4.99. The molecule has 0 saturated carbocycles. The smallest absolute Gasteiger partial charge is 0.258 e. The van der Waals surface area contributed by atoms with E-state index in [0.717, 1.165) is 8.04 Å². The van der Waals surface area contributed by atoms with Gasteiger partial charge in [0.15, 0.2) is 0 Å². The van der Waals surface area contributed by atoms with Gasteiger partial charge in [-0.25, -0.2) is 8.78 Å². The van der Waals surface area contributed by atoms with E-state index in [1.54, 1.807) is 0 Å². The van der Waals surface area contributed by atoms with Gasteiger partial charge in [-0.15, -0.1) is 0 Å². The van der Waals surface area contributed by atoms with E-state index < -0.39 is 12.5 Å². The molecule has 1 aromatic carbocycles. The van der Waals surface area contributed by atoms with Gasteiger partial charge in [0.1, 0.15) is 0 Å². The molecule has 1 rings (SSSR count). The first-order valence-corrected chi connectivity index (χ1v) is 5.87. The molecule has 0 saturated heterocycles. The summed E-state index contributed by atoms with van der Waals surface area (Å²) in [6.07, 6.45) is -2.36. The highest BCUT2D eigenvalue weighted by molar-refractivity contribution is 14.1. The van der Waals surface area contributed by atoms with Crippen molar-refractivity contribution in [3.63, 3.8) is 0 Å². The van der Waals surface area contributed by atoms with Crippen molar-refractivity contribution in [3.8, 4) is 0 Å². The number of hydrogen-bond donors (Lipinski definition) is 1. The van der Waals surface area contributed by atoms with E-state index in [1.165, 1.54) is 6.92 Å². The molecule has 14 heavy (non-hydrogen) atoms. The Labute approximate surface area is 104 Å².